The molecule has 1 atom stereocenters. The molecule has 1 aromatic heterocycles. The second kappa shape index (κ2) is 5.65. The van der Waals surface area contributed by atoms with Crippen molar-refractivity contribution in [1.29, 1.82) is 0 Å². The number of aromatic nitrogens is 2. The summed E-state index contributed by atoms with van der Waals surface area (Å²) in [5.74, 6) is -0.131. The van der Waals surface area contributed by atoms with Crippen LogP contribution >= 0.6 is 0 Å². The zero-order valence-corrected chi connectivity index (χ0v) is 11.8. The molecule has 1 aliphatic rings. The number of likely N-dealkylation sites (tertiary alicyclic amines) is 1. The third kappa shape index (κ3) is 3.99. The Bertz CT molecular complexity index is 428. The van der Waals surface area contributed by atoms with E-state index in [0.29, 0.717) is 6.54 Å². The van der Waals surface area contributed by atoms with Gasteiger partial charge >= 0.3 is 5.97 Å². The lowest BCUT2D eigenvalue weighted by molar-refractivity contribution is -0.160. The molecule has 2 heterocycles. The summed E-state index contributed by atoms with van der Waals surface area (Å²) < 4.78 is 5.47. The minimum absolute atomic E-state index is 0.131. The Balaban J connectivity index is 1.99. The predicted octanol–water partition coefficient (Wildman–Crippen LogP) is 1.78. The fraction of sp³-hybridized carbons (Fsp3) is 0.643. The Hall–Kier alpha value is -1.49. The molecule has 0 unspecified atom stereocenters. The molecule has 0 radical (unpaired) electrons. The van der Waals surface area contributed by atoms with Gasteiger partial charge in [-0.25, -0.2) is 0 Å². The standard InChI is InChI=1S/C14H21N3O2/c1-14(2,3)19-13(18)12-5-4-8-17(12)10-11-9-15-6-7-16-11/h6-7,9,12H,4-5,8,10H2,1-3H3/t12-/m1/s1. The molecule has 0 saturated carbocycles. The highest BCUT2D eigenvalue weighted by molar-refractivity contribution is 5.76. The number of rotatable bonds is 3. The van der Waals surface area contributed by atoms with E-state index in [-0.39, 0.29) is 12.0 Å². The van der Waals surface area contributed by atoms with Crippen LogP contribution < -0.4 is 0 Å². The van der Waals surface area contributed by atoms with Gasteiger partial charge < -0.3 is 4.74 Å². The number of nitrogens with zero attached hydrogens (tertiary/aromatic N) is 3. The van der Waals surface area contributed by atoms with Crippen LogP contribution in [0.3, 0.4) is 0 Å². The van der Waals surface area contributed by atoms with Crippen molar-refractivity contribution in [1.82, 2.24) is 14.9 Å². The zero-order chi connectivity index (χ0) is 13.9. The topological polar surface area (TPSA) is 55.3 Å². The highest BCUT2D eigenvalue weighted by Gasteiger charge is 2.34. The summed E-state index contributed by atoms with van der Waals surface area (Å²) in [4.78, 5) is 22.6. The van der Waals surface area contributed by atoms with E-state index in [0.717, 1.165) is 25.1 Å². The van der Waals surface area contributed by atoms with Gasteiger partial charge in [0.1, 0.15) is 11.6 Å². The monoisotopic (exact) mass is 263 g/mol. The molecule has 2 rings (SSSR count). The number of carbonyl (C=O) groups excluding carboxylic acids is 1. The molecule has 1 saturated heterocycles. The van der Waals surface area contributed by atoms with Crippen LogP contribution in [0, 0.1) is 0 Å². The molecule has 0 spiro atoms. The summed E-state index contributed by atoms with van der Waals surface area (Å²) in [6.07, 6.45) is 6.94. The Morgan fingerprint density at radius 2 is 2.26 bits per heavy atom. The summed E-state index contributed by atoms with van der Waals surface area (Å²) in [5.41, 5.74) is 0.454. The van der Waals surface area contributed by atoms with Gasteiger partial charge in [0.05, 0.1) is 5.69 Å². The molecule has 0 bridgehead atoms. The van der Waals surface area contributed by atoms with Crippen LogP contribution in [-0.2, 0) is 16.1 Å². The number of esters is 1. The lowest BCUT2D eigenvalue weighted by Gasteiger charge is -2.27. The average Bonchev–Trinajstić information content (AvgIpc) is 2.76. The summed E-state index contributed by atoms with van der Waals surface area (Å²) in [6, 6.07) is -0.152. The molecule has 0 N–H and O–H groups in total. The molecule has 0 aliphatic carbocycles. The molecule has 19 heavy (non-hydrogen) atoms. The Kier molecular flexibility index (Phi) is 4.14. The minimum atomic E-state index is -0.433. The molecule has 5 nitrogen and oxygen atoms in total. The van der Waals surface area contributed by atoms with Gasteiger partial charge in [-0.3, -0.25) is 19.7 Å². The minimum Gasteiger partial charge on any atom is -0.459 e. The van der Waals surface area contributed by atoms with Gasteiger partial charge in [-0.05, 0) is 40.2 Å². The Morgan fingerprint density at radius 3 is 2.89 bits per heavy atom. The summed E-state index contributed by atoms with van der Waals surface area (Å²) in [5, 5.41) is 0. The quantitative estimate of drug-likeness (QED) is 0.778. The van der Waals surface area contributed by atoms with Gasteiger partial charge in [-0.2, -0.15) is 0 Å². The van der Waals surface area contributed by atoms with Crippen molar-refractivity contribution in [2.24, 2.45) is 0 Å². The van der Waals surface area contributed by atoms with Crippen molar-refractivity contribution in [3.05, 3.63) is 24.3 Å². The second-order valence-corrected chi connectivity index (χ2v) is 5.86. The van der Waals surface area contributed by atoms with Crippen LogP contribution in [-0.4, -0.2) is 39.0 Å². The highest BCUT2D eigenvalue weighted by Crippen LogP contribution is 2.22. The van der Waals surface area contributed by atoms with Crippen LogP contribution in [0.1, 0.15) is 39.3 Å². The summed E-state index contributed by atoms with van der Waals surface area (Å²) >= 11 is 0. The summed E-state index contributed by atoms with van der Waals surface area (Å²) in [6.45, 7) is 7.24. The molecular formula is C14H21N3O2. The Morgan fingerprint density at radius 1 is 1.47 bits per heavy atom. The highest BCUT2D eigenvalue weighted by atomic mass is 16.6. The van der Waals surface area contributed by atoms with Crippen molar-refractivity contribution in [2.75, 3.05) is 6.54 Å². The molecule has 1 aromatic rings. The number of ether oxygens (including phenoxy) is 1. The zero-order valence-electron chi connectivity index (χ0n) is 11.8. The van der Waals surface area contributed by atoms with E-state index in [1.54, 1.807) is 18.6 Å². The van der Waals surface area contributed by atoms with Gasteiger partial charge in [0, 0.05) is 25.1 Å². The molecule has 0 amide bonds. The molecule has 0 aromatic carbocycles. The smallest absolute Gasteiger partial charge is 0.323 e. The van der Waals surface area contributed by atoms with Crippen molar-refractivity contribution < 1.29 is 9.53 Å². The maximum Gasteiger partial charge on any atom is 0.323 e. The fourth-order valence-electron chi connectivity index (χ4n) is 2.27. The van der Waals surface area contributed by atoms with Crippen LogP contribution in [0.25, 0.3) is 0 Å². The molecule has 1 fully saturated rings. The predicted molar refractivity (Wildman–Crippen MR) is 71.3 cm³/mol. The molecular weight excluding hydrogens is 242 g/mol. The van der Waals surface area contributed by atoms with Crippen LogP contribution in [0.4, 0.5) is 0 Å². The lowest BCUT2D eigenvalue weighted by Crippen LogP contribution is -2.40. The van der Waals surface area contributed by atoms with Gasteiger partial charge in [0.25, 0.3) is 0 Å². The van der Waals surface area contributed by atoms with E-state index in [4.69, 9.17) is 4.74 Å². The van der Waals surface area contributed by atoms with E-state index in [2.05, 4.69) is 14.9 Å². The SMILES string of the molecule is CC(C)(C)OC(=O)[C@H]1CCCN1Cc1cnccn1. The first-order chi connectivity index (χ1) is 8.96. The van der Waals surface area contributed by atoms with E-state index >= 15 is 0 Å². The van der Waals surface area contributed by atoms with E-state index in [1.807, 2.05) is 20.8 Å². The Labute approximate surface area is 114 Å². The van der Waals surface area contributed by atoms with Gasteiger partial charge in [0.2, 0.25) is 0 Å². The fourth-order valence-corrected chi connectivity index (χ4v) is 2.27. The van der Waals surface area contributed by atoms with Gasteiger partial charge in [0.15, 0.2) is 0 Å². The number of carbonyl (C=O) groups is 1. The van der Waals surface area contributed by atoms with Crippen LogP contribution in [0.15, 0.2) is 18.6 Å². The van der Waals surface area contributed by atoms with Crippen LogP contribution in [0.5, 0.6) is 0 Å². The average molecular weight is 263 g/mol. The van der Waals surface area contributed by atoms with E-state index < -0.39 is 5.60 Å². The third-order valence-electron chi connectivity index (χ3n) is 3.02. The maximum absolute atomic E-state index is 12.2. The summed E-state index contributed by atoms with van der Waals surface area (Å²) in [7, 11) is 0. The first-order valence-electron chi connectivity index (χ1n) is 6.67. The van der Waals surface area contributed by atoms with Crippen molar-refractivity contribution >= 4 is 5.97 Å². The molecule has 5 heteroatoms. The molecule has 1 aliphatic heterocycles. The van der Waals surface area contributed by atoms with Crippen LogP contribution in [0.2, 0.25) is 0 Å². The maximum atomic E-state index is 12.2. The van der Waals surface area contributed by atoms with E-state index in [1.165, 1.54) is 0 Å². The van der Waals surface area contributed by atoms with Crippen molar-refractivity contribution in [2.45, 2.75) is 51.8 Å². The first kappa shape index (κ1) is 13.9. The van der Waals surface area contributed by atoms with Gasteiger partial charge in [-0.15, -0.1) is 0 Å². The van der Waals surface area contributed by atoms with Gasteiger partial charge in [-0.1, -0.05) is 0 Å². The van der Waals surface area contributed by atoms with E-state index in [9.17, 15) is 4.79 Å². The normalized spacial score (nSPS) is 20.5. The van der Waals surface area contributed by atoms with Crippen molar-refractivity contribution in [3.8, 4) is 0 Å². The largest absolute Gasteiger partial charge is 0.459 e. The molecule has 104 valence electrons. The lowest BCUT2D eigenvalue weighted by atomic mass is 10.1. The third-order valence-corrected chi connectivity index (χ3v) is 3.02. The number of hydrogen-bond donors (Lipinski definition) is 0. The van der Waals surface area contributed by atoms with Crippen molar-refractivity contribution in [3.63, 3.8) is 0 Å². The second-order valence-electron chi connectivity index (χ2n) is 5.86. The number of hydrogen-bond acceptors (Lipinski definition) is 5. The first-order valence-corrected chi connectivity index (χ1v) is 6.67.